The van der Waals surface area contributed by atoms with E-state index in [0.29, 0.717) is 5.75 Å². The molecule has 1 aromatic rings. The second-order valence-corrected chi connectivity index (χ2v) is 9.66. The van der Waals surface area contributed by atoms with Gasteiger partial charge in [-0.15, -0.1) is 0 Å². The van der Waals surface area contributed by atoms with Crippen LogP contribution in [0.15, 0.2) is 18.2 Å². The predicted octanol–water partition coefficient (Wildman–Crippen LogP) is 3.42. The van der Waals surface area contributed by atoms with Gasteiger partial charge >= 0.3 is 0 Å². The molecule has 0 spiro atoms. The van der Waals surface area contributed by atoms with Gasteiger partial charge in [-0.3, -0.25) is 0 Å². The third-order valence-electron chi connectivity index (χ3n) is 3.70. The minimum Gasteiger partial charge on any atom is -0.508 e. The average molecular weight is 222 g/mol. The van der Waals surface area contributed by atoms with Gasteiger partial charge in [0.15, 0.2) is 0 Å². The van der Waals surface area contributed by atoms with Gasteiger partial charge in [0, 0.05) is 0 Å². The summed E-state index contributed by atoms with van der Waals surface area (Å²) in [5, 5.41) is 11.1. The van der Waals surface area contributed by atoms with Crippen LogP contribution in [0.4, 0.5) is 0 Å². The molecule has 84 valence electrons. The number of benzene rings is 1. The van der Waals surface area contributed by atoms with Crippen LogP contribution in [0, 0.1) is 6.92 Å². The Kier molecular flexibility index (Phi) is 3.97. The highest BCUT2D eigenvalue weighted by Gasteiger charge is 2.29. The molecule has 0 aliphatic heterocycles. The lowest BCUT2D eigenvalue weighted by Crippen LogP contribution is -2.45. The molecule has 0 unspecified atom stereocenters. The summed E-state index contributed by atoms with van der Waals surface area (Å²) in [6, 6.07) is 9.89. The molecule has 0 heterocycles. The standard InChI is InChI=1S/C13H22OSi/c1-5-15(6-2,7-3)13-9-11(4)8-12(14)10-13/h8-10,14H,5-7H2,1-4H3. The number of phenols is 1. The quantitative estimate of drug-likeness (QED) is 0.774. The Labute approximate surface area is 94.2 Å². The Morgan fingerprint density at radius 3 is 1.93 bits per heavy atom. The molecule has 0 saturated carbocycles. The van der Waals surface area contributed by atoms with E-state index >= 15 is 0 Å². The van der Waals surface area contributed by atoms with E-state index in [1.165, 1.54) is 28.9 Å². The molecule has 0 radical (unpaired) electrons. The first-order valence-corrected chi connectivity index (χ1v) is 8.51. The number of hydrogen-bond donors (Lipinski definition) is 1. The van der Waals surface area contributed by atoms with Crippen LogP contribution in [-0.4, -0.2) is 13.2 Å². The molecule has 1 nitrogen and oxygen atoms in total. The monoisotopic (exact) mass is 222 g/mol. The number of rotatable bonds is 4. The maximum atomic E-state index is 9.67. The normalized spacial score (nSPS) is 11.7. The fraction of sp³-hybridized carbons (Fsp3) is 0.538. The molecule has 1 aromatic carbocycles. The summed E-state index contributed by atoms with van der Waals surface area (Å²) >= 11 is 0. The van der Waals surface area contributed by atoms with Crippen molar-refractivity contribution >= 4 is 13.3 Å². The molecule has 0 aliphatic rings. The van der Waals surface area contributed by atoms with E-state index in [2.05, 4.69) is 33.8 Å². The van der Waals surface area contributed by atoms with Crippen molar-refractivity contribution in [1.82, 2.24) is 0 Å². The van der Waals surface area contributed by atoms with Crippen molar-refractivity contribution in [2.45, 2.75) is 45.8 Å². The zero-order valence-corrected chi connectivity index (χ0v) is 11.3. The van der Waals surface area contributed by atoms with Crippen molar-refractivity contribution in [2.75, 3.05) is 0 Å². The molecule has 0 fully saturated rings. The highest BCUT2D eigenvalue weighted by Crippen LogP contribution is 2.22. The summed E-state index contributed by atoms with van der Waals surface area (Å²) in [6.45, 7) is 8.93. The third-order valence-corrected chi connectivity index (χ3v) is 9.28. The second kappa shape index (κ2) is 4.84. The van der Waals surface area contributed by atoms with Gasteiger partial charge in [-0.05, 0) is 24.6 Å². The average Bonchev–Trinajstić information content (AvgIpc) is 2.20. The van der Waals surface area contributed by atoms with Gasteiger partial charge in [0.05, 0.1) is 8.07 Å². The van der Waals surface area contributed by atoms with Gasteiger partial charge in [-0.2, -0.15) is 0 Å². The summed E-state index contributed by atoms with van der Waals surface area (Å²) in [7, 11) is -1.32. The van der Waals surface area contributed by atoms with Crippen LogP contribution in [-0.2, 0) is 0 Å². The topological polar surface area (TPSA) is 20.2 Å². The molecule has 1 rings (SSSR count). The molecule has 0 amide bonds. The Bertz CT molecular complexity index is 301. The van der Waals surface area contributed by atoms with E-state index in [0.717, 1.165) is 0 Å². The van der Waals surface area contributed by atoms with Gasteiger partial charge in [-0.1, -0.05) is 50.2 Å². The Morgan fingerprint density at radius 2 is 1.53 bits per heavy atom. The molecule has 0 atom stereocenters. The highest BCUT2D eigenvalue weighted by molar-refractivity contribution is 6.91. The van der Waals surface area contributed by atoms with Crippen LogP contribution in [0.5, 0.6) is 5.75 Å². The summed E-state index contributed by atoms with van der Waals surface area (Å²) in [5.74, 6) is 0.428. The predicted molar refractivity (Wildman–Crippen MR) is 69.7 cm³/mol. The number of phenolic OH excluding ortho intramolecular Hbond substituents is 1. The largest absolute Gasteiger partial charge is 0.508 e. The van der Waals surface area contributed by atoms with Crippen LogP contribution >= 0.6 is 0 Å². The Balaban J connectivity index is 3.22. The van der Waals surface area contributed by atoms with Crippen molar-refractivity contribution < 1.29 is 5.11 Å². The summed E-state index contributed by atoms with van der Waals surface area (Å²) in [6.07, 6.45) is 0. The van der Waals surface area contributed by atoms with Crippen molar-refractivity contribution in [1.29, 1.82) is 0 Å². The Hall–Kier alpha value is -0.763. The molecule has 0 aromatic heterocycles. The van der Waals surface area contributed by atoms with Gasteiger partial charge in [0.25, 0.3) is 0 Å². The zero-order chi connectivity index (χ0) is 11.5. The van der Waals surface area contributed by atoms with E-state index < -0.39 is 8.07 Å². The summed E-state index contributed by atoms with van der Waals surface area (Å²) in [5.41, 5.74) is 1.18. The summed E-state index contributed by atoms with van der Waals surface area (Å²) in [4.78, 5) is 0. The Morgan fingerprint density at radius 1 is 1.00 bits per heavy atom. The van der Waals surface area contributed by atoms with E-state index in [4.69, 9.17) is 0 Å². The molecular weight excluding hydrogens is 200 g/mol. The van der Waals surface area contributed by atoms with Gasteiger partial charge < -0.3 is 5.11 Å². The fourth-order valence-corrected chi connectivity index (χ4v) is 6.14. The van der Waals surface area contributed by atoms with E-state index in [1.807, 2.05) is 12.1 Å². The molecular formula is C13H22OSi. The summed E-state index contributed by atoms with van der Waals surface area (Å²) < 4.78 is 0. The lowest BCUT2D eigenvalue weighted by molar-refractivity contribution is 0.475. The van der Waals surface area contributed by atoms with Gasteiger partial charge in [0.1, 0.15) is 5.75 Å². The molecule has 1 N–H and O–H groups in total. The number of hydrogen-bond acceptors (Lipinski definition) is 1. The lowest BCUT2D eigenvalue weighted by atomic mass is 10.2. The smallest absolute Gasteiger partial charge is 0.115 e. The highest BCUT2D eigenvalue weighted by atomic mass is 28.3. The molecule has 0 bridgehead atoms. The van der Waals surface area contributed by atoms with Crippen LogP contribution in [0.25, 0.3) is 0 Å². The minimum atomic E-state index is -1.32. The van der Waals surface area contributed by atoms with Crippen molar-refractivity contribution in [2.24, 2.45) is 0 Å². The minimum absolute atomic E-state index is 0.428. The zero-order valence-electron chi connectivity index (χ0n) is 10.3. The third kappa shape index (κ3) is 2.43. The van der Waals surface area contributed by atoms with E-state index in [1.54, 1.807) is 0 Å². The lowest BCUT2D eigenvalue weighted by Gasteiger charge is -2.29. The molecule has 2 heteroatoms. The maximum Gasteiger partial charge on any atom is 0.115 e. The van der Waals surface area contributed by atoms with Crippen molar-refractivity contribution in [3.63, 3.8) is 0 Å². The van der Waals surface area contributed by atoms with Crippen molar-refractivity contribution in [3.8, 4) is 5.75 Å². The van der Waals surface area contributed by atoms with Crippen LogP contribution in [0.2, 0.25) is 18.1 Å². The first-order chi connectivity index (χ1) is 7.07. The second-order valence-electron chi connectivity index (χ2n) is 4.40. The number of aromatic hydroxyl groups is 1. The van der Waals surface area contributed by atoms with Crippen LogP contribution in [0.3, 0.4) is 0 Å². The van der Waals surface area contributed by atoms with Crippen LogP contribution < -0.4 is 5.19 Å². The van der Waals surface area contributed by atoms with E-state index in [9.17, 15) is 5.11 Å². The van der Waals surface area contributed by atoms with Crippen molar-refractivity contribution in [3.05, 3.63) is 23.8 Å². The first-order valence-electron chi connectivity index (χ1n) is 5.89. The van der Waals surface area contributed by atoms with E-state index in [-0.39, 0.29) is 0 Å². The molecule has 0 aliphatic carbocycles. The SMILES string of the molecule is CC[Si](CC)(CC)c1cc(C)cc(O)c1. The van der Waals surface area contributed by atoms with Gasteiger partial charge in [0.2, 0.25) is 0 Å². The number of aryl methyl sites for hydroxylation is 1. The van der Waals surface area contributed by atoms with Crippen LogP contribution in [0.1, 0.15) is 26.3 Å². The first kappa shape index (κ1) is 12.3. The fourth-order valence-electron chi connectivity index (χ4n) is 2.43. The molecule has 0 saturated heterocycles. The maximum absolute atomic E-state index is 9.67. The molecule has 15 heavy (non-hydrogen) atoms. The van der Waals surface area contributed by atoms with Gasteiger partial charge in [-0.25, -0.2) is 0 Å².